The average Bonchev–Trinajstić information content (AvgIpc) is 3.42. The van der Waals surface area contributed by atoms with E-state index in [1.54, 1.807) is 0 Å². The van der Waals surface area contributed by atoms with E-state index < -0.39 is 0 Å². The van der Waals surface area contributed by atoms with E-state index in [9.17, 15) is 0 Å². The van der Waals surface area contributed by atoms with Crippen LogP contribution in [0.5, 0.6) is 0 Å². The quantitative estimate of drug-likeness (QED) is 0.258. The standard InChI is InChI=1S/C34H27B5O/c35-30-29(31(36)33(38)34(39)32(30)37)28-22-12-6-4-10-20(22)27(21-11-5-7-13-23(21)28)25-17-40-26-15-14-19(16-24(25)26)18-8-2-1-3-9-18/h1-17H,35-39H2. The molecule has 0 unspecified atom stereocenters. The lowest BCUT2D eigenvalue weighted by Crippen LogP contribution is -2.55. The molecule has 1 aromatic heterocycles. The fraction of sp³-hybridized carbons (Fsp3) is 0. The molecule has 7 aromatic rings. The number of hydrogen-bond donors (Lipinski definition) is 0. The van der Waals surface area contributed by atoms with Crippen LogP contribution in [0, 0.1) is 0 Å². The molecule has 40 heavy (non-hydrogen) atoms. The Morgan fingerprint density at radius 2 is 0.900 bits per heavy atom. The van der Waals surface area contributed by atoms with E-state index in [1.165, 1.54) is 76.7 Å². The van der Waals surface area contributed by atoms with Crippen LogP contribution in [0.2, 0.25) is 0 Å². The summed E-state index contributed by atoms with van der Waals surface area (Å²) in [5.74, 6) is 0. The molecule has 1 heterocycles. The summed E-state index contributed by atoms with van der Waals surface area (Å²) in [5, 5.41) is 6.19. The van der Waals surface area contributed by atoms with Crippen molar-refractivity contribution in [3.8, 4) is 33.4 Å². The Labute approximate surface area is 239 Å². The predicted octanol–water partition coefficient (Wildman–Crippen LogP) is 1.03. The lowest BCUT2D eigenvalue weighted by Gasteiger charge is -2.24. The Hall–Kier alpha value is -4.30. The lowest BCUT2D eigenvalue weighted by atomic mass is 9.59. The summed E-state index contributed by atoms with van der Waals surface area (Å²) >= 11 is 0. The first-order chi connectivity index (χ1) is 19.5. The normalized spacial score (nSPS) is 11.5. The minimum Gasteiger partial charge on any atom is -0.464 e. The van der Waals surface area contributed by atoms with Crippen LogP contribution in [-0.2, 0) is 0 Å². The van der Waals surface area contributed by atoms with Crippen molar-refractivity contribution in [2.75, 3.05) is 0 Å². The van der Waals surface area contributed by atoms with Gasteiger partial charge in [0, 0.05) is 16.5 Å². The summed E-state index contributed by atoms with van der Waals surface area (Å²) in [6, 6.07) is 34.9. The van der Waals surface area contributed by atoms with Gasteiger partial charge < -0.3 is 4.42 Å². The van der Waals surface area contributed by atoms with E-state index in [1.807, 2.05) is 6.26 Å². The predicted molar refractivity (Wildman–Crippen MR) is 188 cm³/mol. The van der Waals surface area contributed by atoms with E-state index in [4.69, 9.17) is 4.42 Å². The maximum atomic E-state index is 6.19. The Morgan fingerprint density at radius 1 is 0.400 bits per heavy atom. The third-order valence-corrected chi connectivity index (χ3v) is 9.13. The molecule has 184 valence electrons. The molecule has 0 spiro atoms. The summed E-state index contributed by atoms with van der Waals surface area (Å²) < 4.78 is 6.19. The second kappa shape index (κ2) is 9.42. The van der Waals surface area contributed by atoms with Crippen molar-refractivity contribution in [1.29, 1.82) is 0 Å². The fourth-order valence-corrected chi connectivity index (χ4v) is 6.60. The van der Waals surface area contributed by atoms with E-state index in [2.05, 4.69) is 136 Å². The van der Waals surface area contributed by atoms with Gasteiger partial charge in [-0.15, -0.1) is 16.4 Å². The van der Waals surface area contributed by atoms with Crippen LogP contribution in [-0.4, -0.2) is 39.2 Å². The zero-order valence-electron chi connectivity index (χ0n) is 23.7. The van der Waals surface area contributed by atoms with E-state index in [-0.39, 0.29) is 0 Å². The van der Waals surface area contributed by atoms with Gasteiger partial charge in [-0.2, -0.15) is 0 Å². The van der Waals surface area contributed by atoms with Gasteiger partial charge in [-0.3, -0.25) is 0 Å². The Kier molecular flexibility index (Phi) is 5.82. The Morgan fingerprint density at radius 3 is 1.48 bits per heavy atom. The third-order valence-electron chi connectivity index (χ3n) is 9.13. The van der Waals surface area contributed by atoms with Gasteiger partial charge >= 0.3 is 0 Å². The molecule has 0 aliphatic heterocycles. The van der Waals surface area contributed by atoms with E-state index in [0.29, 0.717) is 0 Å². The maximum absolute atomic E-state index is 6.19. The summed E-state index contributed by atoms with van der Waals surface area (Å²) in [6.07, 6.45) is 1.95. The van der Waals surface area contributed by atoms with Gasteiger partial charge in [-0.05, 0) is 55.9 Å². The van der Waals surface area contributed by atoms with Crippen LogP contribution in [0.1, 0.15) is 0 Å². The van der Waals surface area contributed by atoms with Crippen molar-refractivity contribution >= 4 is 99.1 Å². The molecule has 0 N–H and O–H groups in total. The zero-order chi connectivity index (χ0) is 27.5. The first-order valence-corrected chi connectivity index (χ1v) is 14.0. The van der Waals surface area contributed by atoms with Crippen LogP contribution in [0.3, 0.4) is 0 Å². The molecule has 7 rings (SSSR count). The molecular weight excluding hydrogens is 478 g/mol. The van der Waals surface area contributed by atoms with Gasteiger partial charge in [-0.25, -0.2) is 0 Å². The highest BCUT2D eigenvalue weighted by atomic mass is 16.3. The smallest absolute Gasteiger partial charge is 0.139 e. The van der Waals surface area contributed by atoms with Crippen molar-refractivity contribution in [2.24, 2.45) is 0 Å². The Bertz CT molecular complexity index is 2030. The molecule has 0 aliphatic rings. The summed E-state index contributed by atoms with van der Waals surface area (Å²) in [4.78, 5) is 0. The minimum atomic E-state index is 0.906. The van der Waals surface area contributed by atoms with E-state index >= 15 is 0 Å². The third kappa shape index (κ3) is 3.63. The van der Waals surface area contributed by atoms with Gasteiger partial charge in [0.1, 0.15) is 44.8 Å². The van der Waals surface area contributed by atoms with Gasteiger partial charge in [0.05, 0.1) is 6.26 Å². The molecule has 1 nitrogen and oxygen atoms in total. The molecule has 6 aromatic carbocycles. The molecular formula is C34H27B5O. The minimum absolute atomic E-state index is 0.906. The molecule has 6 heteroatoms. The number of furan rings is 1. The molecule has 0 aliphatic carbocycles. The first kappa shape index (κ1) is 24.7. The number of hydrogen-bond acceptors (Lipinski definition) is 1. The van der Waals surface area contributed by atoms with Crippen molar-refractivity contribution < 1.29 is 4.42 Å². The molecule has 0 amide bonds. The van der Waals surface area contributed by atoms with Crippen LogP contribution >= 0.6 is 0 Å². The number of fused-ring (bicyclic) bond motifs is 3. The van der Waals surface area contributed by atoms with Gasteiger partial charge in [0.15, 0.2) is 0 Å². The lowest BCUT2D eigenvalue weighted by molar-refractivity contribution is 0.617. The van der Waals surface area contributed by atoms with Crippen molar-refractivity contribution in [2.45, 2.75) is 0 Å². The Balaban J connectivity index is 1.61. The van der Waals surface area contributed by atoms with Crippen molar-refractivity contribution in [1.82, 2.24) is 0 Å². The highest BCUT2D eigenvalue weighted by Crippen LogP contribution is 2.45. The summed E-state index contributed by atoms with van der Waals surface area (Å²) in [5.41, 5.74) is 15.2. The van der Waals surface area contributed by atoms with Crippen molar-refractivity contribution in [3.63, 3.8) is 0 Å². The molecule has 0 radical (unpaired) electrons. The molecule has 0 saturated carbocycles. The highest BCUT2D eigenvalue weighted by molar-refractivity contribution is 6.69. The first-order valence-electron chi connectivity index (χ1n) is 14.0. The average molecular weight is 506 g/mol. The number of rotatable bonds is 3. The fourth-order valence-electron chi connectivity index (χ4n) is 6.60. The van der Waals surface area contributed by atoms with Crippen LogP contribution in [0.15, 0.2) is 108 Å². The van der Waals surface area contributed by atoms with Crippen LogP contribution in [0.4, 0.5) is 0 Å². The summed E-state index contributed by atoms with van der Waals surface area (Å²) in [6.45, 7) is 0. The van der Waals surface area contributed by atoms with Gasteiger partial charge in [0.2, 0.25) is 0 Å². The molecule has 0 fully saturated rings. The van der Waals surface area contributed by atoms with Crippen LogP contribution in [0.25, 0.3) is 65.9 Å². The monoisotopic (exact) mass is 506 g/mol. The highest BCUT2D eigenvalue weighted by Gasteiger charge is 2.22. The van der Waals surface area contributed by atoms with Gasteiger partial charge in [0.25, 0.3) is 0 Å². The topological polar surface area (TPSA) is 13.1 Å². The van der Waals surface area contributed by atoms with Gasteiger partial charge in [-0.1, -0.05) is 95.9 Å². The largest absolute Gasteiger partial charge is 0.464 e. The zero-order valence-corrected chi connectivity index (χ0v) is 23.7. The SMILES string of the molecule is Bc1c(B)c(B)c(-c2c3ccccc3c(-c3coc4ccc(-c5ccccc5)cc34)c3ccccc23)c(B)c1B. The second-order valence-corrected chi connectivity index (χ2v) is 11.1. The maximum Gasteiger partial charge on any atom is 0.139 e. The van der Waals surface area contributed by atoms with E-state index in [0.717, 1.165) is 16.5 Å². The molecule has 0 atom stereocenters. The molecule has 0 saturated heterocycles. The second-order valence-electron chi connectivity index (χ2n) is 11.1. The summed E-state index contributed by atoms with van der Waals surface area (Å²) in [7, 11) is 11.4. The van der Waals surface area contributed by atoms with Crippen LogP contribution < -0.4 is 27.3 Å². The molecule has 0 bridgehead atoms. The number of benzene rings is 6. The van der Waals surface area contributed by atoms with Crippen molar-refractivity contribution in [3.05, 3.63) is 103 Å².